The molecule has 0 radical (unpaired) electrons. The third kappa shape index (κ3) is 3.55. The number of fused-ring (bicyclic) bond motifs is 1. The summed E-state index contributed by atoms with van der Waals surface area (Å²) in [7, 11) is -3.85. The average Bonchev–Trinajstić information content (AvgIpc) is 3.38. The van der Waals surface area contributed by atoms with Gasteiger partial charge in [-0.15, -0.1) is 4.40 Å². The standard InChI is InChI=1S/C19H21N3O5S/c1-2-18-21-28(24,25)17-11-13(20-19(23)16-6-4-10-27-16)7-8-15(17)22(18)12-14-5-3-9-26-14/h4,6-8,10-11,14H,2-3,5,9,12H2,1H3,(H,20,23). The molecule has 1 amide bonds. The predicted molar refractivity (Wildman–Crippen MR) is 104 cm³/mol. The van der Waals surface area contributed by atoms with E-state index in [1.54, 1.807) is 18.2 Å². The van der Waals surface area contributed by atoms with Gasteiger partial charge in [0.15, 0.2) is 5.76 Å². The topological polar surface area (TPSA) is 101 Å². The fourth-order valence-corrected chi connectivity index (χ4v) is 4.77. The fourth-order valence-electron chi connectivity index (χ4n) is 3.45. The zero-order valence-electron chi connectivity index (χ0n) is 15.4. The maximum Gasteiger partial charge on any atom is 0.291 e. The number of carbonyl (C=O) groups excluding carboxylic acids is 1. The summed E-state index contributed by atoms with van der Waals surface area (Å²) in [5, 5.41) is 2.66. The van der Waals surface area contributed by atoms with Gasteiger partial charge < -0.3 is 19.4 Å². The molecular weight excluding hydrogens is 382 g/mol. The van der Waals surface area contributed by atoms with Crippen LogP contribution in [0.25, 0.3) is 0 Å². The maximum atomic E-state index is 12.7. The lowest BCUT2D eigenvalue weighted by Crippen LogP contribution is -2.40. The zero-order chi connectivity index (χ0) is 19.7. The van der Waals surface area contributed by atoms with Gasteiger partial charge >= 0.3 is 0 Å². The van der Waals surface area contributed by atoms with Crippen molar-refractivity contribution in [3.05, 3.63) is 42.4 Å². The van der Waals surface area contributed by atoms with Crippen molar-refractivity contribution in [2.75, 3.05) is 23.4 Å². The molecule has 0 bridgehead atoms. The van der Waals surface area contributed by atoms with Crippen LogP contribution in [0.1, 0.15) is 36.7 Å². The van der Waals surface area contributed by atoms with Crippen LogP contribution in [0.4, 0.5) is 11.4 Å². The van der Waals surface area contributed by atoms with E-state index >= 15 is 0 Å². The largest absolute Gasteiger partial charge is 0.459 e. The molecule has 2 aromatic rings. The Kier molecular flexibility index (Phi) is 4.94. The highest BCUT2D eigenvalue weighted by atomic mass is 32.2. The van der Waals surface area contributed by atoms with E-state index in [-0.39, 0.29) is 16.8 Å². The van der Waals surface area contributed by atoms with Crippen molar-refractivity contribution >= 4 is 33.1 Å². The lowest BCUT2D eigenvalue weighted by molar-refractivity contribution is 0.0996. The van der Waals surface area contributed by atoms with E-state index in [0.29, 0.717) is 30.2 Å². The van der Waals surface area contributed by atoms with Gasteiger partial charge in [-0.1, -0.05) is 6.92 Å². The van der Waals surface area contributed by atoms with Gasteiger partial charge in [0.05, 0.1) is 24.6 Å². The number of hydrogen-bond donors (Lipinski definition) is 1. The zero-order valence-corrected chi connectivity index (χ0v) is 16.2. The molecule has 1 aromatic carbocycles. The Morgan fingerprint density at radius 1 is 1.36 bits per heavy atom. The minimum absolute atomic E-state index is 0.0451. The van der Waals surface area contributed by atoms with Crippen LogP contribution in [0.3, 0.4) is 0 Å². The lowest BCUT2D eigenvalue weighted by atomic mass is 10.2. The van der Waals surface area contributed by atoms with E-state index in [0.717, 1.165) is 19.4 Å². The van der Waals surface area contributed by atoms with Gasteiger partial charge in [0.1, 0.15) is 10.7 Å². The van der Waals surface area contributed by atoms with Crippen molar-refractivity contribution in [2.24, 2.45) is 4.40 Å². The van der Waals surface area contributed by atoms with E-state index in [2.05, 4.69) is 9.71 Å². The van der Waals surface area contributed by atoms with Crippen molar-refractivity contribution in [1.29, 1.82) is 0 Å². The fraction of sp³-hybridized carbons (Fsp3) is 0.368. The molecule has 28 heavy (non-hydrogen) atoms. The first-order valence-electron chi connectivity index (χ1n) is 9.20. The first-order chi connectivity index (χ1) is 13.5. The van der Waals surface area contributed by atoms with Crippen molar-refractivity contribution in [1.82, 2.24) is 0 Å². The molecule has 2 aliphatic rings. The summed E-state index contributed by atoms with van der Waals surface area (Å²) in [6.07, 6.45) is 3.87. The quantitative estimate of drug-likeness (QED) is 0.823. The SMILES string of the molecule is CCC1=NS(=O)(=O)c2cc(NC(=O)c3ccco3)ccc2N1CC1CCCO1. The number of hydrogen-bond acceptors (Lipinski definition) is 6. The molecule has 3 heterocycles. The first-order valence-corrected chi connectivity index (χ1v) is 10.6. The normalized spacial score (nSPS) is 20.5. The van der Waals surface area contributed by atoms with Crippen molar-refractivity contribution in [3.8, 4) is 0 Å². The molecule has 1 aromatic heterocycles. The Hall–Kier alpha value is -2.65. The Morgan fingerprint density at radius 2 is 2.21 bits per heavy atom. The molecule has 1 unspecified atom stereocenters. The number of nitrogens with one attached hydrogen (secondary N) is 1. The number of furan rings is 1. The highest BCUT2D eigenvalue weighted by Gasteiger charge is 2.32. The highest BCUT2D eigenvalue weighted by Crippen LogP contribution is 2.35. The van der Waals surface area contributed by atoms with Crippen LogP contribution in [-0.4, -0.2) is 39.4 Å². The molecule has 0 aliphatic carbocycles. The first kappa shape index (κ1) is 18.7. The molecule has 148 valence electrons. The molecular formula is C19H21N3O5S. The average molecular weight is 403 g/mol. The molecule has 0 spiro atoms. The van der Waals surface area contributed by atoms with Crippen LogP contribution < -0.4 is 10.2 Å². The molecule has 1 N–H and O–H groups in total. The van der Waals surface area contributed by atoms with Crippen LogP contribution in [0.5, 0.6) is 0 Å². The van der Waals surface area contributed by atoms with Gasteiger partial charge in [-0.25, -0.2) is 0 Å². The second-order valence-electron chi connectivity index (χ2n) is 6.70. The maximum absolute atomic E-state index is 12.7. The molecule has 2 aliphatic heterocycles. The van der Waals surface area contributed by atoms with E-state index in [9.17, 15) is 13.2 Å². The van der Waals surface area contributed by atoms with E-state index < -0.39 is 15.9 Å². The van der Waals surface area contributed by atoms with E-state index in [4.69, 9.17) is 9.15 Å². The summed E-state index contributed by atoms with van der Waals surface area (Å²) in [5.41, 5.74) is 0.911. The highest BCUT2D eigenvalue weighted by molar-refractivity contribution is 7.90. The third-order valence-corrected chi connectivity index (χ3v) is 6.13. The number of nitrogens with zero attached hydrogens (tertiary/aromatic N) is 2. The third-order valence-electron chi connectivity index (χ3n) is 4.79. The number of amidine groups is 1. The molecule has 4 rings (SSSR count). The predicted octanol–water partition coefficient (Wildman–Crippen LogP) is 3.03. The molecule has 0 saturated carbocycles. The number of anilines is 2. The molecule has 1 saturated heterocycles. The summed E-state index contributed by atoms with van der Waals surface area (Å²) in [4.78, 5) is 14.2. The molecule has 1 fully saturated rings. The smallest absolute Gasteiger partial charge is 0.291 e. The van der Waals surface area contributed by atoms with Crippen molar-refractivity contribution in [3.63, 3.8) is 0 Å². The van der Waals surface area contributed by atoms with Crippen molar-refractivity contribution < 1.29 is 22.4 Å². The van der Waals surface area contributed by atoms with Crippen LogP contribution in [0.15, 0.2) is 50.3 Å². The Balaban J connectivity index is 1.67. The number of rotatable bonds is 5. The summed E-state index contributed by atoms with van der Waals surface area (Å²) in [5.74, 6) is 0.189. The minimum atomic E-state index is -3.85. The minimum Gasteiger partial charge on any atom is -0.459 e. The van der Waals surface area contributed by atoms with Gasteiger partial charge in [-0.05, 0) is 43.2 Å². The van der Waals surface area contributed by atoms with Crippen LogP contribution in [0.2, 0.25) is 0 Å². The van der Waals surface area contributed by atoms with Gasteiger partial charge in [0, 0.05) is 18.7 Å². The van der Waals surface area contributed by atoms with Crippen LogP contribution >= 0.6 is 0 Å². The number of amides is 1. The van der Waals surface area contributed by atoms with E-state index in [1.165, 1.54) is 18.4 Å². The van der Waals surface area contributed by atoms with Gasteiger partial charge in [0.25, 0.3) is 15.9 Å². The van der Waals surface area contributed by atoms with Gasteiger partial charge in [-0.2, -0.15) is 8.42 Å². The lowest BCUT2D eigenvalue weighted by Gasteiger charge is -2.32. The number of carbonyl (C=O) groups is 1. The second-order valence-corrected chi connectivity index (χ2v) is 8.27. The second kappa shape index (κ2) is 7.40. The van der Waals surface area contributed by atoms with Crippen LogP contribution in [0, 0.1) is 0 Å². The summed E-state index contributed by atoms with van der Waals surface area (Å²) < 4.78 is 40.2. The number of sulfonamides is 1. The molecule has 8 nitrogen and oxygen atoms in total. The number of benzene rings is 1. The van der Waals surface area contributed by atoms with Gasteiger partial charge in [0.2, 0.25) is 0 Å². The molecule has 1 atom stereocenters. The Morgan fingerprint density at radius 3 is 2.89 bits per heavy atom. The monoisotopic (exact) mass is 403 g/mol. The summed E-state index contributed by atoms with van der Waals surface area (Å²) in [6, 6.07) is 7.95. The number of ether oxygens (including phenoxy) is 1. The summed E-state index contributed by atoms with van der Waals surface area (Å²) >= 11 is 0. The Bertz CT molecular complexity index is 1010. The Labute approximate surface area is 163 Å². The van der Waals surface area contributed by atoms with Crippen LogP contribution in [-0.2, 0) is 14.8 Å². The van der Waals surface area contributed by atoms with Gasteiger partial charge in [-0.3, -0.25) is 4.79 Å². The summed E-state index contributed by atoms with van der Waals surface area (Å²) in [6.45, 7) is 3.15. The van der Waals surface area contributed by atoms with E-state index in [1.807, 2.05) is 11.8 Å². The molecule has 9 heteroatoms. The van der Waals surface area contributed by atoms with Crippen molar-refractivity contribution in [2.45, 2.75) is 37.2 Å².